The van der Waals surface area contributed by atoms with Crippen LogP contribution in [0.15, 0.2) is 16.9 Å². The molecule has 0 aliphatic rings. The molecular weight excluding hydrogens is 224 g/mol. The molecule has 0 bridgehead atoms. The van der Waals surface area contributed by atoms with Gasteiger partial charge in [-0.1, -0.05) is 12.1 Å². The summed E-state index contributed by atoms with van der Waals surface area (Å²) in [5, 5.41) is 1.16. The molecule has 3 heteroatoms. The van der Waals surface area contributed by atoms with E-state index in [-0.39, 0.29) is 5.56 Å². The Hall–Kier alpha value is -1.61. The molecule has 18 heavy (non-hydrogen) atoms. The molecule has 1 aromatic heterocycles. The Labute approximate surface area is 107 Å². The van der Waals surface area contributed by atoms with Gasteiger partial charge < -0.3 is 10.3 Å². The van der Waals surface area contributed by atoms with Gasteiger partial charge in [-0.3, -0.25) is 4.79 Å². The lowest BCUT2D eigenvalue weighted by Gasteiger charge is -2.15. The molecule has 2 rings (SSSR count). The topological polar surface area (TPSA) is 48.0 Å². The van der Waals surface area contributed by atoms with Crippen molar-refractivity contribution in [2.75, 3.05) is 6.54 Å². The van der Waals surface area contributed by atoms with Crippen molar-refractivity contribution in [3.05, 3.63) is 44.7 Å². The third-order valence-electron chi connectivity index (χ3n) is 3.85. The smallest absolute Gasteiger partial charge is 0.254 e. The van der Waals surface area contributed by atoms with Crippen molar-refractivity contribution < 1.29 is 0 Å². The molecule has 2 aromatic rings. The summed E-state index contributed by atoms with van der Waals surface area (Å²) >= 11 is 0. The first-order chi connectivity index (χ1) is 8.49. The number of hydrogen-bond acceptors (Lipinski definition) is 2. The minimum Gasteiger partial charge on any atom is -0.330 e. The number of benzene rings is 1. The van der Waals surface area contributed by atoms with Crippen LogP contribution in [0.4, 0.5) is 0 Å². The predicted molar refractivity (Wildman–Crippen MR) is 76.2 cm³/mol. The molecule has 1 heterocycles. The highest BCUT2D eigenvalue weighted by molar-refractivity contribution is 5.87. The maximum Gasteiger partial charge on any atom is 0.254 e. The van der Waals surface area contributed by atoms with Gasteiger partial charge in [0.15, 0.2) is 0 Å². The molecule has 0 saturated carbocycles. The maximum absolute atomic E-state index is 12.4. The third-order valence-corrected chi connectivity index (χ3v) is 3.85. The Morgan fingerprint density at radius 1 is 1.17 bits per heavy atom. The van der Waals surface area contributed by atoms with Crippen LogP contribution < -0.4 is 11.3 Å². The minimum absolute atomic E-state index is 0.0825. The highest BCUT2D eigenvalue weighted by atomic mass is 16.1. The highest BCUT2D eigenvalue weighted by Crippen LogP contribution is 2.24. The SMILES string of the molecule is Cc1ccc2c(C)c(CCN)c(=O)n(C)c2c1C. The first-order valence-corrected chi connectivity index (χ1v) is 6.27. The van der Waals surface area contributed by atoms with Gasteiger partial charge in [-0.25, -0.2) is 0 Å². The van der Waals surface area contributed by atoms with Gasteiger partial charge in [-0.15, -0.1) is 0 Å². The minimum atomic E-state index is 0.0825. The Balaban J connectivity index is 2.98. The first-order valence-electron chi connectivity index (χ1n) is 6.27. The van der Waals surface area contributed by atoms with Crippen LogP contribution in [0.25, 0.3) is 10.9 Å². The summed E-state index contributed by atoms with van der Waals surface area (Å²) in [5.41, 5.74) is 11.0. The number of rotatable bonds is 2. The largest absolute Gasteiger partial charge is 0.330 e. The molecule has 0 unspecified atom stereocenters. The second-order valence-corrected chi connectivity index (χ2v) is 4.91. The van der Waals surface area contributed by atoms with Crippen LogP contribution in [0.1, 0.15) is 22.3 Å². The highest BCUT2D eigenvalue weighted by Gasteiger charge is 2.13. The molecule has 96 valence electrons. The second-order valence-electron chi connectivity index (χ2n) is 4.91. The third kappa shape index (κ3) is 1.75. The van der Waals surface area contributed by atoms with Gasteiger partial charge in [0.25, 0.3) is 5.56 Å². The van der Waals surface area contributed by atoms with E-state index >= 15 is 0 Å². The zero-order chi connectivity index (χ0) is 13.4. The van der Waals surface area contributed by atoms with Crippen molar-refractivity contribution in [2.45, 2.75) is 27.2 Å². The van der Waals surface area contributed by atoms with E-state index in [1.54, 1.807) is 4.57 Å². The van der Waals surface area contributed by atoms with Crippen LogP contribution in [-0.2, 0) is 13.5 Å². The van der Waals surface area contributed by atoms with E-state index in [1.807, 2.05) is 14.0 Å². The van der Waals surface area contributed by atoms with E-state index in [0.29, 0.717) is 13.0 Å². The fourth-order valence-corrected chi connectivity index (χ4v) is 2.60. The van der Waals surface area contributed by atoms with Crippen LogP contribution in [-0.4, -0.2) is 11.1 Å². The molecule has 1 aromatic carbocycles. The molecule has 0 aliphatic heterocycles. The number of hydrogen-bond donors (Lipinski definition) is 1. The lowest BCUT2D eigenvalue weighted by Crippen LogP contribution is -2.25. The molecule has 0 amide bonds. The number of aryl methyl sites for hydroxylation is 4. The van der Waals surface area contributed by atoms with Crippen molar-refractivity contribution in [3.63, 3.8) is 0 Å². The first kappa shape index (κ1) is 12.8. The summed E-state index contributed by atoms with van der Waals surface area (Å²) in [6.45, 7) is 6.66. The van der Waals surface area contributed by atoms with Crippen molar-refractivity contribution in [1.82, 2.24) is 4.57 Å². The Kier molecular flexibility index (Phi) is 3.26. The number of nitrogens with zero attached hydrogens (tertiary/aromatic N) is 1. The normalized spacial score (nSPS) is 11.2. The fraction of sp³-hybridized carbons (Fsp3) is 0.400. The molecule has 0 radical (unpaired) electrons. The van der Waals surface area contributed by atoms with Crippen LogP contribution in [0.2, 0.25) is 0 Å². The van der Waals surface area contributed by atoms with Crippen LogP contribution in [0.5, 0.6) is 0 Å². The fourth-order valence-electron chi connectivity index (χ4n) is 2.60. The average molecular weight is 244 g/mol. The summed E-state index contributed by atoms with van der Waals surface area (Å²) in [6, 6.07) is 4.22. The molecule has 2 N–H and O–H groups in total. The van der Waals surface area contributed by atoms with Gasteiger partial charge in [0, 0.05) is 18.0 Å². The monoisotopic (exact) mass is 244 g/mol. The van der Waals surface area contributed by atoms with E-state index in [4.69, 9.17) is 5.73 Å². The van der Waals surface area contributed by atoms with Crippen molar-refractivity contribution >= 4 is 10.9 Å². The summed E-state index contributed by atoms with van der Waals surface area (Å²) in [7, 11) is 1.84. The van der Waals surface area contributed by atoms with Gasteiger partial charge in [0.2, 0.25) is 0 Å². The van der Waals surface area contributed by atoms with E-state index in [0.717, 1.165) is 22.0 Å². The maximum atomic E-state index is 12.4. The van der Waals surface area contributed by atoms with Crippen molar-refractivity contribution in [2.24, 2.45) is 12.8 Å². The van der Waals surface area contributed by atoms with Gasteiger partial charge in [-0.2, -0.15) is 0 Å². The van der Waals surface area contributed by atoms with Crippen molar-refractivity contribution in [1.29, 1.82) is 0 Å². The van der Waals surface area contributed by atoms with Crippen LogP contribution in [0.3, 0.4) is 0 Å². The number of pyridine rings is 1. The second kappa shape index (κ2) is 4.58. The zero-order valence-electron chi connectivity index (χ0n) is 11.5. The number of aromatic nitrogens is 1. The Morgan fingerprint density at radius 2 is 1.83 bits per heavy atom. The molecule has 0 saturated heterocycles. The summed E-state index contributed by atoms with van der Waals surface area (Å²) in [5.74, 6) is 0. The number of nitrogens with two attached hydrogens (primary N) is 1. The zero-order valence-corrected chi connectivity index (χ0v) is 11.5. The van der Waals surface area contributed by atoms with Gasteiger partial charge in [-0.05, 0) is 50.4 Å². The lowest BCUT2D eigenvalue weighted by molar-refractivity contribution is 0.846. The summed E-state index contributed by atoms with van der Waals surface area (Å²) < 4.78 is 1.76. The lowest BCUT2D eigenvalue weighted by atomic mass is 9.98. The van der Waals surface area contributed by atoms with E-state index < -0.39 is 0 Å². The predicted octanol–water partition coefficient (Wildman–Crippen LogP) is 1.96. The van der Waals surface area contributed by atoms with Gasteiger partial charge in [0.1, 0.15) is 0 Å². The van der Waals surface area contributed by atoms with Crippen molar-refractivity contribution in [3.8, 4) is 0 Å². The molecular formula is C15H20N2O. The molecule has 3 nitrogen and oxygen atoms in total. The molecule has 0 atom stereocenters. The van der Waals surface area contributed by atoms with E-state index in [2.05, 4.69) is 26.0 Å². The van der Waals surface area contributed by atoms with Gasteiger partial charge in [0.05, 0.1) is 5.52 Å². The quantitative estimate of drug-likeness (QED) is 0.878. The molecule has 0 aliphatic carbocycles. The molecule has 0 spiro atoms. The molecule has 0 fully saturated rings. The summed E-state index contributed by atoms with van der Waals surface area (Å²) in [6.07, 6.45) is 0.640. The average Bonchev–Trinajstić information content (AvgIpc) is 2.35. The standard InChI is InChI=1S/C15H20N2O/c1-9-5-6-12-11(3)13(7-8-16)15(18)17(4)14(12)10(9)2/h5-6H,7-8,16H2,1-4H3. The van der Waals surface area contributed by atoms with Crippen LogP contribution in [0, 0.1) is 20.8 Å². The van der Waals surface area contributed by atoms with Gasteiger partial charge >= 0.3 is 0 Å². The number of fused-ring (bicyclic) bond motifs is 1. The van der Waals surface area contributed by atoms with Crippen LogP contribution >= 0.6 is 0 Å². The van der Waals surface area contributed by atoms with E-state index in [1.165, 1.54) is 11.1 Å². The Morgan fingerprint density at radius 3 is 2.44 bits per heavy atom. The summed E-state index contributed by atoms with van der Waals surface area (Å²) in [4.78, 5) is 12.4. The Bertz CT molecular complexity index is 668. The van der Waals surface area contributed by atoms with E-state index in [9.17, 15) is 4.79 Å².